The fourth-order valence-electron chi connectivity index (χ4n) is 2.97. The second kappa shape index (κ2) is 5.85. The SMILES string of the molecule is COc1ccc2c(c1)CCC[C@@]2(O)CNC(=O)c1ccco1. The minimum Gasteiger partial charge on any atom is -0.497 e. The first-order chi connectivity index (χ1) is 10.6. The minimum atomic E-state index is -1.05. The number of nitrogens with one attached hydrogen (secondary N) is 1. The van der Waals surface area contributed by atoms with Gasteiger partial charge in [0.1, 0.15) is 11.4 Å². The number of hydrogen-bond acceptors (Lipinski definition) is 4. The molecular weight excluding hydrogens is 282 g/mol. The van der Waals surface area contributed by atoms with Gasteiger partial charge in [0.2, 0.25) is 0 Å². The van der Waals surface area contributed by atoms with Crippen molar-refractivity contribution in [3.63, 3.8) is 0 Å². The van der Waals surface area contributed by atoms with Crippen LogP contribution in [0.25, 0.3) is 0 Å². The molecule has 5 nitrogen and oxygen atoms in total. The molecule has 2 aromatic rings. The van der Waals surface area contributed by atoms with Crippen molar-refractivity contribution < 1.29 is 19.1 Å². The third-order valence-electron chi connectivity index (χ3n) is 4.14. The summed E-state index contributed by atoms with van der Waals surface area (Å²) in [6.07, 6.45) is 3.84. The fraction of sp³-hybridized carbons (Fsp3) is 0.353. The summed E-state index contributed by atoms with van der Waals surface area (Å²) in [6.45, 7) is 0.159. The Balaban J connectivity index is 1.78. The van der Waals surface area contributed by atoms with Crippen molar-refractivity contribution in [2.45, 2.75) is 24.9 Å². The monoisotopic (exact) mass is 301 g/mol. The van der Waals surface area contributed by atoms with E-state index in [0.717, 1.165) is 29.7 Å². The molecule has 2 N–H and O–H groups in total. The van der Waals surface area contributed by atoms with Crippen molar-refractivity contribution in [3.8, 4) is 5.75 Å². The molecule has 1 heterocycles. The summed E-state index contributed by atoms with van der Waals surface area (Å²) >= 11 is 0. The Bertz CT molecular complexity index is 665. The van der Waals surface area contributed by atoms with E-state index in [-0.39, 0.29) is 18.2 Å². The number of ether oxygens (including phenoxy) is 1. The third-order valence-corrected chi connectivity index (χ3v) is 4.14. The van der Waals surface area contributed by atoms with Gasteiger partial charge < -0.3 is 19.6 Å². The second-order valence-corrected chi connectivity index (χ2v) is 5.57. The van der Waals surface area contributed by atoms with Crippen LogP contribution in [0.1, 0.15) is 34.5 Å². The normalized spacial score (nSPS) is 20.3. The Hall–Kier alpha value is -2.27. The van der Waals surface area contributed by atoms with Crippen molar-refractivity contribution in [1.29, 1.82) is 0 Å². The minimum absolute atomic E-state index is 0.159. The summed E-state index contributed by atoms with van der Waals surface area (Å²) in [5.74, 6) is 0.705. The maximum absolute atomic E-state index is 12.0. The predicted molar refractivity (Wildman–Crippen MR) is 80.9 cm³/mol. The lowest BCUT2D eigenvalue weighted by molar-refractivity contribution is 0.0185. The highest BCUT2D eigenvalue weighted by molar-refractivity contribution is 5.91. The Morgan fingerprint density at radius 1 is 1.45 bits per heavy atom. The zero-order chi connectivity index (χ0) is 15.6. The highest BCUT2D eigenvalue weighted by Crippen LogP contribution is 2.36. The van der Waals surface area contributed by atoms with Crippen molar-refractivity contribution in [2.75, 3.05) is 13.7 Å². The number of furan rings is 1. The van der Waals surface area contributed by atoms with Gasteiger partial charge in [-0.1, -0.05) is 6.07 Å². The largest absolute Gasteiger partial charge is 0.497 e. The van der Waals surface area contributed by atoms with Crippen molar-refractivity contribution in [1.82, 2.24) is 5.32 Å². The predicted octanol–water partition coefficient (Wildman–Crippen LogP) is 2.24. The van der Waals surface area contributed by atoms with Gasteiger partial charge in [-0.05, 0) is 54.7 Å². The molecule has 5 heteroatoms. The quantitative estimate of drug-likeness (QED) is 0.908. The highest BCUT2D eigenvalue weighted by Gasteiger charge is 2.35. The van der Waals surface area contributed by atoms with E-state index in [9.17, 15) is 9.90 Å². The van der Waals surface area contributed by atoms with Gasteiger partial charge in [-0.2, -0.15) is 0 Å². The first-order valence-corrected chi connectivity index (χ1v) is 7.34. The first-order valence-electron chi connectivity index (χ1n) is 7.34. The lowest BCUT2D eigenvalue weighted by Gasteiger charge is -2.34. The van der Waals surface area contributed by atoms with E-state index >= 15 is 0 Å². The molecule has 1 aliphatic carbocycles. The van der Waals surface area contributed by atoms with Gasteiger partial charge in [-0.3, -0.25) is 4.79 Å². The number of carbonyl (C=O) groups excluding carboxylic acids is 1. The molecule has 0 aliphatic heterocycles. The maximum Gasteiger partial charge on any atom is 0.287 e. The van der Waals surface area contributed by atoms with Gasteiger partial charge >= 0.3 is 0 Å². The van der Waals surface area contributed by atoms with E-state index in [1.807, 2.05) is 18.2 Å². The summed E-state index contributed by atoms with van der Waals surface area (Å²) in [6, 6.07) is 8.93. The molecule has 0 unspecified atom stereocenters. The van der Waals surface area contributed by atoms with E-state index in [2.05, 4.69) is 5.32 Å². The molecule has 1 aliphatic rings. The van der Waals surface area contributed by atoms with E-state index in [0.29, 0.717) is 6.42 Å². The third kappa shape index (κ3) is 2.72. The molecule has 1 atom stereocenters. The van der Waals surface area contributed by atoms with Crippen LogP contribution in [0.3, 0.4) is 0 Å². The number of amides is 1. The molecule has 0 radical (unpaired) electrons. The van der Waals surface area contributed by atoms with Crippen LogP contribution in [0.5, 0.6) is 5.75 Å². The van der Waals surface area contributed by atoms with Crippen molar-refractivity contribution in [3.05, 3.63) is 53.5 Å². The first kappa shape index (κ1) is 14.7. The highest BCUT2D eigenvalue weighted by atomic mass is 16.5. The van der Waals surface area contributed by atoms with E-state index in [1.54, 1.807) is 19.2 Å². The van der Waals surface area contributed by atoms with Crippen LogP contribution in [0.2, 0.25) is 0 Å². The molecule has 22 heavy (non-hydrogen) atoms. The van der Waals surface area contributed by atoms with Crippen LogP contribution in [0, 0.1) is 0 Å². The molecule has 0 saturated heterocycles. The van der Waals surface area contributed by atoms with Gasteiger partial charge in [-0.25, -0.2) is 0 Å². The molecule has 1 aromatic carbocycles. The van der Waals surface area contributed by atoms with Gasteiger partial charge in [0.25, 0.3) is 5.91 Å². The lowest BCUT2D eigenvalue weighted by Crippen LogP contribution is -2.42. The van der Waals surface area contributed by atoms with Gasteiger partial charge in [-0.15, -0.1) is 0 Å². The Labute approximate surface area is 128 Å². The Kier molecular flexibility index (Phi) is 3.90. The fourth-order valence-corrected chi connectivity index (χ4v) is 2.97. The molecule has 116 valence electrons. The molecular formula is C17H19NO4. The summed E-state index contributed by atoms with van der Waals surface area (Å²) < 4.78 is 10.3. The van der Waals surface area contributed by atoms with Crippen LogP contribution in [-0.4, -0.2) is 24.7 Å². The number of aliphatic hydroxyl groups is 1. The summed E-state index contributed by atoms with van der Waals surface area (Å²) in [5.41, 5.74) is 0.877. The second-order valence-electron chi connectivity index (χ2n) is 5.57. The number of rotatable bonds is 4. The van der Waals surface area contributed by atoms with E-state index in [4.69, 9.17) is 9.15 Å². The Morgan fingerprint density at radius 3 is 3.05 bits per heavy atom. The number of fused-ring (bicyclic) bond motifs is 1. The number of carbonyl (C=O) groups is 1. The smallest absolute Gasteiger partial charge is 0.287 e. The number of benzene rings is 1. The van der Waals surface area contributed by atoms with Gasteiger partial charge in [0.15, 0.2) is 5.76 Å². The van der Waals surface area contributed by atoms with Crippen LogP contribution in [0.15, 0.2) is 41.0 Å². The summed E-state index contributed by atoms with van der Waals surface area (Å²) in [7, 11) is 1.63. The lowest BCUT2D eigenvalue weighted by atomic mass is 9.79. The van der Waals surface area contributed by atoms with Gasteiger partial charge in [0, 0.05) is 0 Å². The average molecular weight is 301 g/mol. The molecule has 0 fully saturated rings. The van der Waals surface area contributed by atoms with Crippen LogP contribution < -0.4 is 10.1 Å². The average Bonchev–Trinajstić information content (AvgIpc) is 3.07. The molecule has 0 saturated carbocycles. The molecule has 1 amide bonds. The standard InChI is InChI=1S/C17H19NO4/c1-21-13-6-7-14-12(10-13)4-2-8-17(14,20)11-18-16(19)15-5-3-9-22-15/h3,5-7,9-10,20H,2,4,8,11H2,1H3,(H,18,19)/t17-/m1/s1. The van der Waals surface area contributed by atoms with Crippen molar-refractivity contribution in [2.24, 2.45) is 0 Å². The van der Waals surface area contributed by atoms with Crippen molar-refractivity contribution >= 4 is 5.91 Å². The van der Waals surface area contributed by atoms with Crippen LogP contribution in [0.4, 0.5) is 0 Å². The molecule has 1 aromatic heterocycles. The Morgan fingerprint density at radius 2 is 2.32 bits per heavy atom. The van der Waals surface area contributed by atoms with E-state index in [1.165, 1.54) is 6.26 Å². The summed E-state index contributed by atoms with van der Waals surface area (Å²) in [5, 5.41) is 13.7. The zero-order valence-corrected chi connectivity index (χ0v) is 12.5. The topological polar surface area (TPSA) is 71.7 Å². The van der Waals surface area contributed by atoms with Gasteiger partial charge in [0.05, 0.1) is 19.9 Å². The van der Waals surface area contributed by atoms with Crippen LogP contribution >= 0.6 is 0 Å². The van der Waals surface area contributed by atoms with E-state index < -0.39 is 5.60 Å². The maximum atomic E-state index is 12.0. The number of hydrogen-bond donors (Lipinski definition) is 2. The molecule has 0 spiro atoms. The zero-order valence-electron chi connectivity index (χ0n) is 12.5. The van der Waals surface area contributed by atoms with Crippen LogP contribution in [-0.2, 0) is 12.0 Å². The molecule has 3 rings (SSSR count). The number of methoxy groups -OCH3 is 1. The number of aryl methyl sites for hydroxylation is 1. The summed E-state index contributed by atoms with van der Waals surface area (Å²) in [4.78, 5) is 12.0. The molecule has 0 bridgehead atoms.